The minimum atomic E-state index is -4.42. The molecular weight excluding hydrogens is 325 g/mol. The lowest BCUT2D eigenvalue weighted by Gasteiger charge is -2.27. The van der Waals surface area contributed by atoms with Crippen LogP contribution in [0.2, 0.25) is 0 Å². The molecule has 2 amide bonds. The van der Waals surface area contributed by atoms with Crippen molar-refractivity contribution in [2.75, 3.05) is 11.9 Å². The third-order valence-corrected chi connectivity index (χ3v) is 3.76. The Labute approximate surface area is 134 Å². The molecule has 0 radical (unpaired) electrons. The number of alkyl halides is 3. The van der Waals surface area contributed by atoms with Crippen LogP contribution in [-0.4, -0.2) is 27.4 Å². The first kappa shape index (κ1) is 16.0. The largest absolute Gasteiger partial charge is 0.416 e. The van der Waals surface area contributed by atoms with Crippen molar-refractivity contribution >= 4 is 11.7 Å². The molecule has 3 rings (SSSR count). The molecule has 0 fully saturated rings. The summed E-state index contributed by atoms with van der Waals surface area (Å²) < 4.78 is 37.5. The van der Waals surface area contributed by atoms with Crippen LogP contribution in [0, 0.1) is 0 Å². The maximum absolute atomic E-state index is 12.5. The van der Waals surface area contributed by atoms with Crippen molar-refractivity contribution in [2.45, 2.75) is 19.1 Å². The number of benzene rings is 1. The van der Waals surface area contributed by atoms with Crippen molar-refractivity contribution < 1.29 is 18.0 Å². The van der Waals surface area contributed by atoms with Gasteiger partial charge in [-0.05, 0) is 30.7 Å². The van der Waals surface area contributed by atoms with E-state index in [9.17, 15) is 22.8 Å². The van der Waals surface area contributed by atoms with Crippen LogP contribution in [0.15, 0.2) is 35.4 Å². The lowest BCUT2D eigenvalue weighted by molar-refractivity contribution is -0.137. The molecule has 0 spiro atoms. The molecule has 2 aromatic rings. The highest BCUT2D eigenvalue weighted by molar-refractivity contribution is 5.89. The van der Waals surface area contributed by atoms with Gasteiger partial charge in [-0.15, -0.1) is 0 Å². The summed E-state index contributed by atoms with van der Waals surface area (Å²) in [5, 5.41) is 2.54. The van der Waals surface area contributed by atoms with Crippen LogP contribution in [0.3, 0.4) is 0 Å². The molecule has 1 aromatic heterocycles. The number of H-pyrrole nitrogens is 1. The van der Waals surface area contributed by atoms with Gasteiger partial charge in [0.25, 0.3) is 5.56 Å². The summed E-state index contributed by atoms with van der Waals surface area (Å²) in [7, 11) is 0. The van der Waals surface area contributed by atoms with Gasteiger partial charge in [-0.25, -0.2) is 9.78 Å². The fourth-order valence-electron chi connectivity index (χ4n) is 2.48. The number of hydrogen-bond donors (Lipinski definition) is 2. The summed E-state index contributed by atoms with van der Waals surface area (Å²) >= 11 is 0. The van der Waals surface area contributed by atoms with Gasteiger partial charge in [-0.2, -0.15) is 13.2 Å². The number of hydrogen-bond acceptors (Lipinski definition) is 3. The zero-order valence-corrected chi connectivity index (χ0v) is 12.4. The highest BCUT2D eigenvalue weighted by Crippen LogP contribution is 2.29. The number of fused-ring (bicyclic) bond motifs is 1. The Morgan fingerprint density at radius 1 is 1.25 bits per heavy atom. The Kier molecular flexibility index (Phi) is 4.00. The SMILES string of the molecule is O=C(Nc1ccc(C(F)(F)F)cc1)N1CCc2c(nc[nH]c2=O)C1. The lowest BCUT2D eigenvalue weighted by atomic mass is 10.1. The molecule has 0 bridgehead atoms. The summed E-state index contributed by atoms with van der Waals surface area (Å²) in [6.07, 6.45) is -2.77. The maximum atomic E-state index is 12.5. The van der Waals surface area contributed by atoms with Crippen LogP contribution < -0.4 is 10.9 Å². The normalized spacial score (nSPS) is 14.2. The minimum absolute atomic E-state index is 0.172. The molecule has 1 aliphatic heterocycles. The van der Waals surface area contributed by atoms with Gasteiger partial charge in [0, 0.05) is 17.8 Å². The fraction of sp³-hybridized carbons (Fsp3) is 0.267. The molecule has 126 valence electrons. The number of aromatic amines is 1. The van der Waals surface area contributed by atoms with E-state index in [2.05, 4.69) is 15.3 Å². The number of halogens is 3. The number of nitrogens with one attached hydrogen (secondary N) is 2. The van der Waals surface area contributed by atoms with E-state index in [-0.39, 0.29) is 17.8 Å². The van der Waals surface area contributed by atoms with E-state index >= 15 is 0 Å². The van der Waals surface area contributed by atoms with E-state index in [0.717, 1.165) is 12.1 Å². The van der Waals surface area contributed by atoms with Crippen LogP contribution in [0.4, 0.5) is 23.7 Å². The van der Waals surface area contributed by atoms with Crippen molar-refractivity contribution in [2.24, 2.45) is 0 Å². The average molecular weight is 338 g/mol. The van der Waals surface area contributed by atoms with Crippen molar-refractivity contribution in [1.29, 1.82) is 0 Å². The summed E-state index contributed by atoms with van der Waals surface area (Å²) in [6, 6.07) is 3.75. The molecule has 1 aliphatic rings. The number of nitrogens with zero attached hydrogens (tertiary/aromatic N) is 2. The highest BCUT2D eigenvalue weighted by Gasteiger charge is 2.30. The maximum Gasteiger partial charge on any atom is 0.416 e. The zero-order valence-electron chi connectivity index (χ0n) is 12.4. The lowest BCUT2D eigenvalue weighted by Crippen LogP contribution is -2.41. The number of aromatic nitrogens is 2. The second-order valence-corrected chi connectivity index (χ2v) is 5.33. The summed E-state index contributed by atoms with van der Waals surface area (Å²) in [5.74, 6) is 0. The van der Waals surface area contributed by atoms with Crippen molar-refractivity contribution in [3.05, 3.63) is 57.8 Å². The van der Waals surface area contributed by atoms with Gasteiger partial charge >= 0.3 is 12.2 Å². The molecule has 0 saturated carbocycles. The smallest absolute Gasteiger partial charge is 0.318 e. The molecule has 6 nitrogen and oxygen atoms in total. The molecule has 2 heterocycles. The predicted octanol–water partition coefficient (Wildman–Crippen LogP) is 2.38. The predicted molar refractivity (Wildman–Crippen MR) is 79.4 cm³/mol. The molecule has 0 saturated heterocycles. The number of rotatable bonds is 1. The van der Waals surface area contributed by atoms with Gasteiger partial charge in [0.05, 0.1) is 24.1 Å². The number of amides is 2. The Hall–Kier alpha value is -2.84. The number of urea groups is 1. The van der Waals surface area contributed by atoms with Gasteiger partial charge in [0.2, 0.25) is 0 Å². The standard InChI is InChI=1S/C15H13F3N4O2/c16-15(17,18)9-1-3-10(4-2-9)21-14(24)22-6-5-11-12(7-22)19-8-20-13(11)23/h1-4,8H,5-7H2,(H,21,24)(H,19,20,23). The molecule has 1 aromatic carbocycles. The number of anilines is 1. The monoisotopic (exact) mass is 338 g/mol. The van der Waals surface area contributed by atoms with E-state index < -0.39 is 17.8 Å². The Morgan fingerprint density at radius 3 is 2.62 bits per heavy atom. The van der Waals surface area contributed by atoms with Gasteiger partial charge in [-0.1, -0.05) is 0 Å². The van der Waals surface area contributed by atoms with Crippen LogP contribution in [0.1, 0.15) is 16.8 Å². The van der Waals surface area contributed by atoms with E-state index in [4.69, 9.17) is 0 Å². The Morgan fingerprint density at radius 2 is 1.96 bits per heavy atom. The number of carbonyl (C=O) groups excluding carboxylic acids is 1. The second kappa shape index (κ2) is 5.99. The first-order chi connectivity index (χ1) is 11.3. The topological polar surface area (TPSA) is 78.1 Å². The minimum Gasteiger partial charge on any atom is -0.318 e. The van der Waals surface area contributed by atoms with E-state index in [1.807, 2.05) is 0 Å². The fourth-order valence-corrected chi connectivity index (χ4v) is 2.48. The summed E-state index contributed by atoms with van der Waals surface area (Å²) in [5.41, 5.74) is 0.333. The van der Waals surface area contributed by atoms with Crippen LogP contribution in [0.25, 0.3) is 0 Å². The summed E-state index contributed by atoms with van der Waals surface area (Å²) in [4.78, 5) is 31.9. The van der Waals surface area contributed by atoms with Gasteiger partial charge in [0.1, 0.15) is 0 Å². The van der Waals surface area contributed by atoms with E-state index in [0.29, 0.717) is 24.2 Å². The molecule has 0 atom stereocenters. The van der Waals surface area contributed by atoms with Gasteiger partial charge in [0.15, 0.2) is 0 Å². The van der Waals surface area contributed by atoms with Crippen LogP contribution in [-0.2, 0) is 19.1 Å². The van der Waals surface area contributed by atoms with Crippen molar-refractivity contribution in [3.63, 3.8) is 0 Å². The van der Waals surface area contributed by atoms with Crippen molar-refractivity contribution in [3.8, 4) is 0 Å². The molecule has 9 heteroatoms. The van der Waals surface area contributed by atoms with Crippen LogP contribution in [0.5, 0.6) is 0 Å². The Bertz CT molecular complexity index is 815. The zero-order chi connectivity index (χ0) is 17.3. The average Bonchev–Trinajstić information content (AvgIpc) is 2.54. The summed E-state index contributed by atoms with van der Waals surface area (Å²) in [6.45, 7) is 0.500. The quantitative estimate of drug-likeness (QED) is 0.838. The van der Waals surface area contributed by atoms with Crippen molar-refractivity contribution in [1.82, 2.24) is 14.9 Å². The van der Waals surface area contributed by atoms with Gasteiger partial charge < -0.3 is 15.2 Å². The van der Waals surface area contributed by atoms with E-state index in [1.54, 1.807) is 0 Å². The van der Waals surface area contributed by atoms with Gasteiger partial charge in [-0.3, -0.25) is 4.79 Å². The molecule has 24 heavy (non-hydrogen) atoms. The molecule has 0 aliphatic carbocycles. The van der Waals surface area contributed by atoms with Crippen LogP contribution >= 0.6 is 0 Å². The highest BCUT2D eigenvalue weighted by atomic mass is 19.4. The van der Waals surface area contributed by atoms with E-state index in [1.165, 1.54) is 23.4 Å². The molecule has 2 N–H and O–H groups in total. The molecule has 0 unspecified atom stereocenters. The second-order valence-electron chi connectivity index (χ2n) is 5.33. The first-order valence-electron chi connectivity index (χ1n) is 7.13. The first-order valence-corrected chi connectivity index (χ1v) is 7.13. The third-order valence-electron chi connectivity index (χ3n) is 3.76. The third kappa shape index (κ3) is 3.24. The number of carbonyl (C=O) groups is 1. The Balaban J connectivity index is 1.69. The molecular formula is C15H13F3N4O2.